The van der Waals surface area contributed by atoms with Crippen molar-refractivity contribution < 1.29 is 14.3 Å². The molecule has 0 bridgehead atoms. The van der Waals surface area contributed by atoms with Crippen molar-refractivity contribution in [2.45, 2.75) is 12.5 Å². The maximum absolute atomic E-state index is 12.8. The first-order valence-corrected chi connectivity index (χ1v) is 7.56. The largest absolute Gasteiger partial charge is 0.466 e. The molecule has 1 atom stereocenters. The van der Waals surface area contributed by atoms with E-state index in [0.717, 1.165) is 13.1 Å². The van der Waals surface area contributed by atoms with E-state index in [1.807, 2.05) is 7.05 Å². The minimum atomic E-state index is -1.54. The van der Waals surface area contributed by atoms with Crippen molar-refractivity contribution >= 4 is 29.1 Å². The third kappa shape index (κ3) is 2.53. The number of likely N-dealkylation sites (N-methyl/N-ethyl adjacent to an activating group) is 1. The number of nitrogens with zero attached hydrogens (tertiary/aromatic N) is 2. The lowest BCUT2D eigenvalue weighted by atomic mass is 10.0. The van der Waals surface area contributed by atoms with Crippen molar-refractivity contribution in [3.05, 3.63) is 23.2 Å². The molecule has 1 saturated heterocycles. The van der Waals surface area contributed by atoms with E-state index in [4.69, 9.17) is 16.3 Å². The fourth-order valence-electron chi connectivity index (χ4n) is 2.65. The summed E-state index contributed by atoms with van der Waals surface area (Å²) in [6.45, 7) is 4.27. The summed E-state index contributed by atoms with van der Waals surface area (Å²) in [6, 6.07) is 4.93. The Morgan fingerprint density at radius 1 is 1.32 bits per heavy atom. The Morgan fingerprint density at radius 2 is 2.00 bits per heavy atom. The lowest BCUT2D eigenvalue weighted by Crippen LogP contribution is -2.62. The van der Waals surface area contributed by atoms with E-state index in [0.29, 0.717) is 29.5 Å². The molecule has 2 heterocycles. The number of piperazine rings is 1. The van der Waals surface area contributed by atoms with Crippen LogP contribution in [0.3, 0.4) is 0 Å². The highest BCUT2D eigenvalue weighted by Gasteiger charge is 2.49. The van der Waals surface area contributed by atoms with Crippen molar-refractivity contribution in [2.75, 3.05) is 38.5 Å². The third-order valence-corrected chi connectivity index (χ3v) is 4.37. The molecule has 0 radical (unpaired) electrons. The number of nitrogens with one attached hydrogen (secondary N) is 1. The monoisotopic (exact) mass is 323 g/mol. The van der Waals surface area contributed by atoms with Gasteiger partial charge >= 0.3 is 0 Å². The van der Waals surface area contributed by atoms with Crippen LogP contribution in [0.25, 0.3) is 0 Å². The van der Waals surface area contributed by atoms with Gasteiger partial charge in [0, 0.05) is 31.2 Å². The molecular formula is C15H18ClN3O3. The molecule has 7 heteroatoms. The van der Waals surface area contributed by atoms with Gasteiger partial charge in [-0.3, -0.25) is 9.59 Å². The normalized spacial score (nSPS) is 25.2. The van der Waals surface area contributed by atoms with Crippen LogP contribution in [0.2, 0.25) is 5.02 Å². The Balaban J connectivity index is 1.84. The van der Waals surface area contributed by atoms with Gasteiger partial charge in [0.2, 0.25) is 0 Å². The molecule has 6 nitrogen and oxygen atoms in total. The number of carbonyl (C=O) groups is 2. The molecule has 3 rings (SSSR count). The molecule has 0 aromatic heterocycles. The van der Waals surface area contributed by atoms with Gasteiger partial charge in [-0.2, -0.15) is 0 Å². The summed E-state index contributed by atoms with van der Waals surface area (Å²) in [4.78, 5) is 29.0. The maximum Gasteiger partial charge on any atom is 0.278 e. The zero-order valence-electron chi connectivity index (χ0n) is 12.6. The van der Waals surface area contributed by atoms with Crippen LogP contribution >= 0.6 is 11.6 Å². The first-order chi connectivity index (χ1) is 10.4. The van der Waals surface area contributed by atoms with E-state index in [1.165, 1.54) is 6.92 Å². The Kier molecular flexibility index (Phi) is 3.74. The highest BCUT2D eigenvalue weighted by molar-refractivity contribution is 6.31. The average molecular weight is 324 g/mol. The molecule has 1 aromatic carbocycles. The summed E-state index contributed by atoms with van der Waals surface area (Å²) >= 11 is 5.91. The molecule has 1 N–H and O–H groups in total. The van der Waals surface area contributed by atoms with Gasteiger partial charge in [-0.15, -0.1) is 0 Å². The number of halogens is 1. The van der Waals surface area contributed by atoms with Gasteiger partial charge in [-0.05, 0) is 32.2 Å². The van der Waals surface area contributed by atoms with Crippen LogP contribution in [-0.2, 0) is 9.59 Å². The van der Waals surface area contributed by atoms with Crippen molar-refractivity contribution in [3.8, 4) is 5.75 Å². The predicted octanol–water partition coefficient (Wildman–Crippen LogP) is 1.20. The molecule has 0 aliphatic carbocycles. The molecule has 1 aromatic rings. The molecule has 2 aliphatic heterocycles. The zero-order chi connectivity index (χ0) is 15.9. The van der Waals surface area contributed by atoms with Crippen LogP contribution in [-0.4, -0.2) is 60.4 Å². The molecule has 22 heavy (non-hydrogen) atoms. The van der Waals surface area contributed by atoms with Crippen LogP contribution < -0.4 is 10.1 Å². The molecule has 1 fully saturated rings. The first-order valence-electron chi connectivity index (χ1n) is 7.18. The number of hydrogen-bond acceptors (Lipinski definition) is 4. The minimum Gasteiger partial charge on any atom is -0.466 e. The van der Waals surface area contributed by atoms with Crippen LogP contribution in [0.5, 0.6) is 5.75 Å². The van der Waals surface area contributed by atoms with Crippen molar-refractivity contribution in [2.24, 2.45) is 0 Å². The number of anilines is 1. The Labute approximate surface area is 134 Å². The number of fused-ring (bicyclic) bond motifs is 1. The number of benzene rings is 1. The fraction of sp³-hybridized carbons (Fsp3) is 0.467. The summed E-state index contributed by atoms with van der Waals surface area (Å²) in [5.41, 5.74) is -1.06. The van der Waals surface area contributed by atoms with E-state index in [9.17, 15) is 9.59 Å². The smallest absolute Gasteiger partial charge is 0.278 e. The molecule has 2 amide bonds. The van der Waals surface area contributed by atoms with Gasteiger partial charge < -0.3 is 19.9 Å². The second kappa shape index (κ2) is 5.44. The third-order valence-electron chi connectivity index (χ3n) is 4.14. The Hall–Kier alpha value is -1.79. The average Bonchev–Trinajstić information content (AvgIpc) is 2.49. The van der Waals surface area contributed by atoms with E-state index in [-0.39, 0.29) is 5.91 Å². The van der Waals surface area contributed by atoms with Gasteiger partial charge in [-0.25, -0.2) is 0 Å². The summed E-state index contributed by atoms with van der Waals surface area (Å²) in [5, 5.41) is 3.21. The number of hydrogen-bond donors (Lipinski definition) is 1. The number of ether oxygens (including phenoxy) is 1. The quantitative estimate of drug-likeness (QED) is 0.789. The number of amides is 2. The van der Waals surface area contributed by atoms with E-state index in [2.05, 4.69) is 10.2 Å². The van der Waals surface area contributed by atoms with E-state index >= 15 is 0 Å². The van der Waals surface area contributed by atoms with Crippen LogP contribution in [0.1, 0.15) is 6.92 Å². The second-order valence-corrected chi connectivity index (χ2v) is 6.26. The van der Waals surface area contributed by atoms with Gasteiger partial charge in [-0.1, -0.05) is 11.6 Å². The predicted molar refractivity (Wildman–Crippen MR) is 83.2 cm³/mol. The van der Waals surface area contributed by atoms with Crippen LogP contribution in [0.4, 0.5) is 5.69 Å². The van der Waals surface area contributed by atoms with Crippen molar-refractivity contribution in [1.29, 1.82) is 0 Å². The summed E-state index contributed by atoms with van der Waals surface area (Å²) < 4.78 is 5.75. The highest BCUT2D eigenvalue weighted by Crippen LogP contribution is 2.36. The van der Waals surface area contributed by atoms with Crippen LogP contribution in [0, 0.1) is 0 Å². The zero-order valence-corrected chi connectivity index (χ0v) is 13.3. The van der Waals surface area contributed by atoms with Gasteiger partial charge in [0.25, 0.3) is 17.4 Å². The molecule has 0 spiro atoms. The molecule has 2 aliphatic rings. The minimum absolute atomic E-state index is 0.307. The van der Waals surface area contributed by atoms with Crippen LogP contribution in [0.15, 0.2) is 18.2 Å². The van der Waals surface area contributed by atoms with Gasteiger partial charge in [0.05, 0.1) is 5.69 Å². The SMILES string of the molecule is CN1CCN(C(=O)[C@]2(C)Oc3ccc(Cl)cc3NC2=O)CC1. The summed E-state index contributed by atoms with van der Waals surface area (Å²) in [5.74, 6) is -0.320. The molecule has 118 valence electrons. The lowest BCUT2D eigenvalue weighted by molar-refractivity contribution is -0.155. The molecular weight excluding hydrogens is 306 g/mol. The molecule has 0 saturated carbocycles. The van der Waals surface area contributed by atoms with Crippen molar-refractivity contribution in [1.82, 2.24) is 9.80 Å². The van der Waals surface area contributed by atoms with Crippen molar-refractivity contribution in [3.63, 3.8) is 0 Å². The summed E-state index contributed by atoms with van der Waals surface area (Å²) in [7, 11) is 2.01. The topological polar surface area (TPSA) is 61.9 Å². The maximum atomic E-state index is 12.8. The van der Waals surface area contributed by atoms with E-state index < -0.39 is 11.5 Å². The second-order valence-electron chi connectivity index (χ2n) is 5.83. The standard InChI is InChI=1S/C15H18ClN3O3/c1-15(14(21)19-7-5-18(2)6-8-19)13(20)17-11-9-10(16)3-4-12(11)22-15/h3-4,9H,5-8H2,1-2H3,(H,17,20)/t15-/m1/s1. The molecule has 0 unspecified atom stereocenters. The Bertz CT molecular complexity index is 628. The van der Waals surface area contributed by atoms with Gasteiger partial charge in [0.15, 0.2) is 0 Å². The van der Waals surface area contributed by atoms with E-state index in [1.54, 1.807) is 23.1 Å². The lowest BCUT2D eigenvalue weighted by Gasteiger charge is -2.39. The first kappa shape index (κ1) is 15.1. The van der Waals surface area contributed by atoms with Gasteiger partial charge in [0.1, 0.15) is 5.75 Å². The summed E-state index contributed by atoms with van der Waals surface area (Å²) in [6.07, 6.45) is 0. The number of rotatable bonds is 1. The highest BCUT2D eigenvalue weighted by atomic mass is 35.5. The fourth-order valence-corrected chi connectivity index (χ4v) is 2.82. The number of carbonyl (C=O) groups excluding carboxylic acids is 2. The Morgan fingerprint density at radius 3 is 2.68 bits per heavy atom.